The van der Waals surface area contributed by atoms with Crippen molar-refractivity contribution >= 4 is 39.1 Å². The Morgan fingerprint density at radius 2 is 2.00 bits per heavy atom. The van der Waals surface area contributed by atoms with Gasteiger partial charge in [0.2, 0.25) is 0 Å². The van der Waals surface area contributed by atoms with Gasteiger partial charge in [-0.15, -0.1) is 0 Å². The fourth-order valence-electron chi connectivity index (χ4n) is 2.06. The number of nitrogens with zero attached hydrogens (tertiary/aromatic N) is 1. The van der Waals surface area contributed by atoms with Crippen LogP contribution < -0.4 is 10.6 Å². The number of aryl methyl sites for hydroxylation is 1. The van der Waals surface area contributed by atoms with Crippen LogP contribution in [0.5, 0.6) is 0 Å². The lowest BCUT2D eigenvalue weighted by Gasteiger charge is -2.07. The number of nitriles is 1. The van der Waals surface area contributed by atoms with Crippen LogP contribution in [0.15, 0.2) is 58.7 Å². The molecule has 0 spiro atoms. The quantitative estimate of drug-likeness (QED) is 0.410. The highest BCUT2D eigenvalue weighted by Gasteiger charge is 2.09. The van der Waals surface area contributed by atoms with Crippen molar-refractivity contribution < 1.29 is 4.79 Å². The maximum absolute atomic E-state index is 12.2. The summed E-state index contributed by atoms with van der Waals surface area (Å²) in [5, 5.41) is 15.4. The van der Waals surface area contributed by atoms with Crippen molar-refractivity contribution in [2.75, 3.05) is 11.9 Å². The Bertz CT molecular complexity index is 826. The Morgan fingerprint density at radius 1 is 1.28 bits per heavy atom. The van der Waals surface area contributed by atoms with E-state index in [1.54, 1.807) is 12.1 Å². The van der Waals surface area contributed by atoms with E-state index < -0.39 is 5.91 Å². The van der Waals surface area contributed by atoms with Crippen LogP contribution in [-0.4, -0.2) is 12.5 Å². The minimum Gasteiger partial charge on any atom is -0.389 e. The molecule has 2 aromatic carbocycles. The van der Waals surface area contributed by atoms with Gasteiger partial charge in [0.15, 0.2) is 0 Å². The molecule has 128 valence electrons. The molecule has 2 rings (SSSR count). The van der Waals surface area contributed by atoms with E-state index in [4.69, 9.17) is 16.9 Å². The van der Waals surface area contributed by atoms with E-state index in [0.717, 1.165) is 16.5 Å². The zero-order valence-electron chi connectivity index (χ0n) is 13.6. The maximum atomic E-state index is 12.2. The van der Waals surface area contributed by atoms with E-state index >= 15 is 0 Å². The highest BCUT2D eigenvalue weighted by atomic mass is 79.9. The molecule has 0 heterocycles. The summed E-state index contributed by atoms with van der Waals surface area (Å²) in [5.74, 6) is -0.474. The predicted octanol–water partition coefficient (Wildman–Crippen LogP) is 4.59. The number of anilines is 1. The first-order valence-corrected chi connectivity index (χ1v) is 8.82. The highest BCUT2D eigenvalue weighted by Crippen LogP contribution is 2.20. The molecule has 0 aromatic heterocycles. The molecule has 0 aliphatic heterocycles. The van der Waals surface area contributed by atoms with Crippen LogP contribution >= 0.6 is 27.5 Å². The molecule has 0 saturated carbocycles. The lowest BCUT2D eigenvalue weighted by atomic mass is 10.1. The average molecular weight is 419 g/mol. The molecule has 2 N–H and O–H groups in total. The topological polar surface area (TPSA) is 64.9 Å². The van der Waals surface area contributed by atoms with Crippen LogP contribution in [0.1, 0.15) is 11.1 Å². The number of carbonyl (C=O) groups is 1. The van der Waals surface area contributed by atoms with Crippen molar-refractivity contribution in [3.05, 3.63) is 74.9 Å². The third-order valence-electron chi connectivity index (χ3n) is 3.51. The van der Waals surface area contributed by atoms with Crippen LogP contribution in [0, 0.1) is 18.3 Å². The van der Waals surface area contributed by atoms with Gasteiger partial charge in [-0.05, 0) is 48.7 Å². The van der Waals surface area contributed by atoms with Gasteiger partial charge in [-0.1, -0.05) is 45.7 Å². The number of amides is 1. The van der Waals surface area contributed by atoms with Gasteiger partial charge in [0.1, 0.15) is 11.6 Å². The van der Waals surface area contributed by atoms with Gasteiger partial charge in [0.05, 0.1) is 0 Å². The summed E-state index contributed by atoms with van der Waals surface area (Å²) in [6.45, 7) is 2.50. The van der Waals surface area contributed by atoms with Crippen LogP contribution in [-0.2, 0) is 11.2 Å². The summed E-state index contributed by atoms with van der Waals surface area (Å²) >= 11 is 9.43. The predicted molar refractivity (Wildman–Crippen MR) is 104 cm³/mol. The lowest BCUT2D eigenvalue weighted by Crippen LogP contribution is -2.18. The first-order valence-electron chi connectivity index (χ1n) is 7.65. The Balaban J connectivity index is 1.90. The number of nitrogens with one attached hydrogen (secondary N) is 2. The second-order valence-electron chi connectivity index (χ2n) is 5.42. The molecule has 0 aliphatic rings. The fourth-order valence-corrected chi connectivity index (χ4v) is 2.50. The molecule has 0 radical (unpaired) electrons. The number of hydrogen-bond acceptors (Lipinski definition) is 3. The van der Waals surface area contributed by atoms with Gasteiger partial charge < -0.3 is 10.6 Å². The third-order valence-corrected chi connectivity index (χ3v) is 4.45. The molecule has 0 aliphatic carbocycles. The summed E-state index contributed by atoms with van der Waals surface area (Å²) < 4.78 is 1.03. The fraction of sp³-hybridized carbons (Fsp3) is 0.158. The second kappa shape index (κ2) is 9.26. The maximum Gasteiger partial charge on any atom is 0.267 e. The van der Waals surface area contributed by atoms with Gasteiger partial charge in [-0.3, -0.25) is 4.79 Å². The van der Waals surface area contributed by atoms with E-state index in [-0.39, 0.29) is 5.57 Å². The van der Waals surface area contributed by atoms with Crippen molar-refractivity contribution in [1.29, 1.82) is 5.26 Å². The molecular formula is C19H17BrClN3O. The number of carbonyl (C=O) groups excluding carboxylic acids is 1. The SMILES string of the molecule is Cc1ccc(NC(=O)/C(C#N)=C\NCCc2ccc(Br)cc2)cc1Cl. The standard InChI is InChI=1S/C19H17BrClN3O/c1-13-2-7-17(10-18(13)21)24-19(25)15(11-22)12-23-9-8-14-3-5-16(20)6-4-14/h2-7,10,12,23H,8-9H2,1H3,(H,24,25)/b15-12-. The molecule has 0 unspecified atom stereocenters. The van der Waals surface area contributed by atoms with Crippen molar-refractivity contribution in [3.63, 3.8) is 0 Å². The average Bonchev–Trinajstić information content (AvgIpc) is 2.59. The van der Waals surface area contributed by atoms with Crippen molar-refractivity contribution in [3.8, 4) is 6.07 Å². The van der Waals surface area contributed by atoms with Crippen molar-refractivity contribution in [2.24, 2.45) is 0 Å². The van der Waals surface area contributed by atoms with Crippen LogP contribution in [0.2, 0.25) is 5.02 Å². The Hall–Kier alpha value is -2.29. The zero-order chi connectivity index (χ0) is 18.2. The zero-order valence-corrected chi connectivity index (χ0v) is 16.0. The van der Waals surface area contributed by atoms with Crippen molar-refractivity contribution in [2.45, 2.75) is 13.3 Å². The Kier molecular flexibility index (Phi) is 7.05. The first kappa shape index (κ1) is 19.0. The molecule has 4 nitrogen and oxygen atoms in total. The van der Waals surface area contributed by atoms with E-state index in [9.17, 15) is 4.79 Å². The molecule has 25 heavy (non-hydrogen) atoms. The summed E-state index contributed by atoms with van der Waals surface area (Å²) in [7, 11) is 0. The van der Waals surface area contributed by atoms with Crippen LogP contribution in [0.25, 0.3) is 0 Å². The third kappa shape index (κ3) is 5.93. The minimum atomic E-state index is -0.474. The second-order valence-corrected chi connectivity index (χ2v) is 6.74. The molecule has 0 bridgehead atoms. The minimum absolute atomic E-state index is 0.00695. The number of halogens is 2. The molecule has 2 aromatic rings. The number of hydrogen-bond donors (Lipinski definition) is 2. The monoisotopic (exact) mass is 417 g/mol. The molecule has 6 heteroatoms. The van der Waals surface area contributed by atoms with Gasteiger partial charge in [-0.2, -0.15) is 5.26 Å². The molecular weight excluding hydrogens is 402 g/mol. The molecule has 1 amide bonds. The summed E-state index contributed by atoms with van der Waals surface area (Å²) in [6, 6.07) is 15.1. The number of rotatable bonds is 6. The largest absolute Gasteiger partial charge is 0.389 e. The van der Waals surface area contributed by atoms with E-state index in [0.29, 0.717) is 17.3 Å². The van der Waals surface area contributed by atoms with Crippen molar-refractivity contribution in [1.82, 2.24) is 5.32 Å². The van der Waals surface area contributed by atoms with E-state index in [2.05, 4.69) is 26.6 Å². The molecule has 0 atom stereocenters. The van der Waals surface area contributed by atoms with Gasteiger partial charge >= 0.3 is 0 Å². The van der Waals surface area contributed by atoms with Crippen LogP contribution in [0.4, 0.5) is 5.69 Å². The summed E-state index contributed by atoms with van der Waals surface area (Å²) in [4.78, 5) is 12.2. The molecule has 0 fully saturated rings. The lowest BCUT2D eigenvalue weighted by molar-refractivity contribution is -0.112. The Morgan fingerprint density at radius 3 is 2.64 bits per heavy atom. The Labute approximate surface area is 160 Å². The number of benzene rings is 2. The van der Waals surface area contributed by atoms with Gasteiger partial charge in [0.25, 0.3) is 5.91 Å². The summed E-state index contributed by atoms with van der Waals surface area (Å²) in [5.41, 5.74) is 2.65. The van der Waals surface area contributed by atoms with Crippen LogP contribution in [0.3, 0.4) is 0 Å². The highest BCUT2D eigenvalue weighted by molar-refractivity contribution is 9.10. The van der Waals surface area contributed by atoms with Gasteiger partial charge in [0, 0.05) is 27.9 Å². The first-order chi connectivity index (χ1) is 12.0. The van der Waals surface area contributed by atoms with E-state index in [1.807, 2.05) is 43.3 Å². The van der Waals surface area contributed by atoms with E-state index in [1.165, 1.54) is 11.8 Å². The summed E-state index contributed by atoms with van der Waals surface area (Å²) in [6.07, 6.45) is 2.22. The molecule has 0 saturated heterocycles. The normalized spacial score (nSPS) is 10.9. The smallest absolute Gasteiger partial charge is 0.267 e. The van der Waals surface area contributed by atoms with Gasteiger partial charge in [-0.25, -0.2) is 0 Å².